The fourth-order valence-corrected chi connectivity index (χ4v) is 2.10. The van der Waals surface area contributed by atoms with Crippen molar-refractivity contribution in [1.29, 1.82) is 0 Å². The number of imidazole rings is 2. The maximum atomic E-state index is 13.4. The van der Waals surface area contributed by atoms with Crippen molar-refractivity contribution >= 4 is 12.2 Å². The van der Waals surface area contributed by atoms with E-state index in [0.29, 0.717) is 10.8 Å². The van der Waals surface area contributed by atoms with Crippen LogP contribution in [0.4, 0.5) is 43.9 Å². The number of aryl methyl sites for hydroxylation is 1. The minimum Gasteiger partial charge on any atom is -0.334 e. The van der Waals surface area contributed by atoms with Crippen LogP contribution in [-0.4, -0.2) is 31.5 Å². The SMILES string of the molecule is Cn1cc(C(F)(F)C(F)(F)F)nc1C=Cc1ncc(C(F)(F)C(F)(F)F)n1C. The smallest absolute Gasteiger partial charge is 0.334 e. The lowest BCUT2D eigenvalue weighted by molar-refractivity contribution is -0.291. The van der Waals surface area contributed by atoms with E-state index in [1.54, 1.807) is 0 Å². The first-order chi connectivity index (χ1) is 12.5. The Morgan fingerprint density at radius 3 is 1.79 bits per heavy atom. The Bertz CT molecular complexity index is 881. The number of rotatable bonds is 4. The van der Waals surface area contributed by atoms with Crippen LogP contribution >= 0.6 is 0 Å². The Morgan fingerprint density at radius 1 is 0.786 bits per heavy atom. The van der Waals surface area contributed by atoms with Crippen LogP contribution in [-0.2, 0) is 25.9 Å². The van der Waals surface area contributed by atoms with Crippen molar-refractivity contribution in [2.24, 2.45) is 14.1 Å². The molecule has 0 amide bonds. The molecule has 0 spiro atoms. The summed E-state index contributed by atoms with van der Waals surface area (Å²) in [4.78, 5) is 6.49. The molecule has 0 aliphatic rings. The number of halogens is 10. The molecule has 0 unspecified atom stereocenters. The van der Waals surface area contributed by atoms with Gasteiger partial charge in [0.15, 0.2) is 0 Å². The third kappa shape index (κ3) is 3.58. The highest BCUT2D eigenvalue weighted by Crippen LogP contribution is 2.44. The molecule has 0 aromatic carbocycles. The van der Waals surface area contributed by atoms with Gasteiger partial charge < -0.3 is 9.13 Å². The predicted molar refractivity (Wildman–Crippen MR) is 75.2 cm³/mol. The number of alkyl halides is 10. The lowest BCUT2D eigenvalue weighted by atomic mass is 10.2. The van der Waals surface area contributed by atoms with Crippen molar-refractivity contribution in [2.75, 3.05) is 0 Å². The van der Waals surface area contributed by atoms with Crippen LogP contribution in [0.2, 0.25) is 0 Å². The van der Waals surface area contributed by atoms with Gasteiger partial charge in [-0.25, -0.2) is 9.97 Å². The predicted octanol–water partition coefficient (Wildman–Crippen LogP) is 4.63. The highest BCUT2D eigenvalue weighted by molar-refractivity contribution is 5.63. The van der Waals surface area contributed by atoms with E-state index in [2.05, 4.69) is 9.97 Å². The van der Waals surface area contributed by atoms with Gasteiger partial charge in [-0.1, -0.05) is 0 Å². The summed E-state index contributed by atoms with van der Waals surface area (Å²) in [5.74, 6) is -11.3. The Hall–Kier alpha value is -2.54. The average molecular weight is 424 g/mol. The average Bonchev–Trinajstić information content (AvgIpc) is 3.06. The Balaban J connectivity index is 2.37. The van der Waals surface area contributed by atoms with Gasteiger partial charge in [-0.15, -0.1) is 0 Å². The summed E-state index contributed by atoms with van der Waals surface area (Å²) in [5.41, 5.74) is -3.09. The zero-order valence-electron chi connectivity index (χ0n) is 13.9. The van der Waals surface area contributed by atoms with Gasteiger partial charge in [0, 0.05) is 20.3 Å². The first-order valence-corrected chi connectivity index (χ1v) is 7.13. The van der Waals surface area contributed by atoms with Gasteiger partial charge in [-0.05, 0) is 12.2 Å². The molecular formula is C14H10F10N4. The fraction of sp³-hybridized carbons (Fsp3) is 0.429. The molecule has 0 bridgehead atoms. The molecular weight excluding hydrogens is 414 g/mol. The monoisotopic (exact) mass is 424 g/mol. The molecule has 2 aromatic rings. The maximum absolute atomic E-state index is 13.4. The standard InChI is InChI=1S/C14H10F10N4/c1-27-6-7(11(15,16)13(19,20)21)26-10(27)4-3-9-25-5-8(28(9)2)12(17,18)14(22,23)24/h3-6H,1-2H3. The topological polar surface area (TPSA) is 35.6 Å². The molecule has 0 saturated carbocycles. The summed E-state index contributed by atoms with van der Waals surface area (Å²) < 4.78 is 129. The molecule has 0 radical (unpaired) electrons. The number of hydrogen-bond acceptors (Lipinski definition) is 2. The van der Waals surface area contributed by atoms with E-state index in [1.807, 2.05) is 0 Å². The van der Waals surface area contributed by atoms with Crippen LogP contribution in [0, 0.1) is 0 Å². The van der Waals surface area contributed by atoms with E-state index in [9.17, 15) is 43.9 Å². The van der Waals surface area contributed by atoms with Gasteiger partial charge in [-0.2, -0.15) is 43.9 Å². The minimum atomic E-state index is -5.89. The van der Waals surface area contributed by atoms with Crippen molar-refractivity contribution < 1.29 is 43.9 Å². The summed E-state index contributed by atoms with van der Waals surface area (Å²) in [6.07, 6.45) is -9.40. The lowest BCUT2D eigenvalue weighted by Gasteiger charge is -2.19. The molecule has 0 aliphatic carbocycles. The zero-order valence-corrected chi connectivity index (χ0v) is 13.9. The van der Waals surface area contributed by atoms with Crippen LogP contribution < -0.4 is 0 Å². The van der Waals surface area contributed by atoms with Gasteiger partial charge in [0.25, 0.3) is 0 Å². The van der Waals surface area contributed by atoms with Crippen molar-refractivity contribution in [3.05, 3.63) is 35.4 Å². The highest BCUT2D eigenvalue weighted by Gasteiger charge is 2.61. The molecule has 0 N–H and O–H groups in total. The fourth-order valence-electron chi connectivity index (χ4n) is 2.10. The molecule has 28 heavy (non-hydrogen) atoms. The van der Waals surface area contributed by atoms with E-state index < -0.39 is 47.2 Å². The largest absolute Gasteiger partial charge is 0.459 e. The molecule has 0 fully saturated rings. The summed E-state index contributed by atoms with van der Waals surface area (Å²) in [7, 11) is 1.94. The Morgan fingerprint density at radius 2 is 1.29 bits per heavy atom. The van der Waals surface area contributed by atoms with E-state index in [4.69, 9.17) is 0 Å². The second kappa shape index (κ2) is 6.51. The highest BCUT2D eigenvalue weighted by atomic mass is 19.4. The van der Waals surface area contributed by atoms with Crippen LogP contribution in [0.25, 0.3) is 12.2 Å². The lowest BCUT2D eigenvalue weighted by Crippen LogP contribution is -2.35. The van der Waals surface area contributed by atoms with Crippen molar-refractivity contribution in [3.8, 4) is 0 Å². The van der Waals surface area contributed by atoms with Crippen LogP contribution in [0.15, 0.2) is 12.4 Å². The van der Waals surface area contributed by atoms with E-state index in [1.165, 1.54) is 0 Å². The van der Waals surface area contributed by atoms with Gasteiger partial charge >= 0.3 is 24.2 Å². The summed E-state index contributed by atoms with van der Waals surface area (Å²) in [5, 5.41) is 0. The Kier molecular flexibility index (Phi) is 5.06. The molecule has 14 heteroatoms. The van der Waals surface area contributed by atoms with Gasteiger partial charge in [0.05, 0.1) is 6.20 Å². The van der Waals surface area contributed by atoms with Crippen molar-refractivity contribution in [2.45, 2.75) is 24.2 Å². The summed E-state index contributed by atoms with van der Waals surface area (Å²) in [6, 6.07) is 0. The molecule has 0 saturated heterocycles. The number of hydrogen-bond donors (Lipinski definition) is 0. The van der Waals surface area contributed by atoms with Crippen LogP contribution in [0.3, 0.4) is 0 Å². The number of aromatic nitrogens is 4. The molecule has 4 nitrogen and oxygen atoms in total. The molecule has 2 rings (SSSR count). The second-order valence-corrected chi connectivity index (χ2v) is 5.63. The van der Waals surface area contributed by atoms with E-state index in [0.717, 1.165) is 30.8 Å². The summed E-state index contributed by atoms with van der Waals surface area (Å²) >= 11 is 0. The zero-order chi connectivity index (χ0) is 21.7. The van der Waals surface area contributed by atoms with Crippen LogP contribution in [0.1, 0.15) is 23.0 Å². The maximum Gasteiger partial charge on any atom is 0.459 e. The second-order valence-electron chi connectivity index (χ2n) is 5.63. The molecule has 2 heterocycles. The minimum absolute atomic E-state index is 0.273. The molecule has 2 aromatic heterocycles. The first kappa shape index (κ1) is 21.8. The normalized spacial score (nSPS) is 14.3. The van der Waals surface area contributed by atoms with Gasteiger partial charge in [0.1, 0.15) is 23.0 Å². The van der Waals surface area contributed by atoms with E-state index >= 15 is 0 Å². The molecule has 0 aliphatic heterocycles. The van der Waals surface area contributed by atoms with Gasteiger partial charge in [-0.3, -0.25) is 0 Å². The summed E-state index contributed by atoms with van der Waals surface area (Å²) in [6.45, 7) is 0. The van der Waals surface area contributed by atoms with Crippen molar-refractivity contribution in [3.63, 3.8) is 0 Å². The van der Waals surface area contributed by atoms with Crippen molar-refractivity contribution in [1.82, 2.24) is 19.1 Å². The molecule has 156 valence electrons. The first-order valence-electron chi connectivity index (χ1n) is 7.13. The van der Waals surface area contributed by atoms with Gasteiger partial charge in [0.2, 0.25) is 0 Å². The third-order valence-corrected chi connectivity index (χ3v) is 3.67. The third-order valence-electron chi connectivity index (χ3n) is 3.67. The van der Waals surface area contributed by atoms with Crippen LogP contribution in [0.5, 0.6) is 0 Å². The quantitative estimate of drug-likeness (QED) is 0.671. The Labute approximate surface area is 150 Å². The number of nitrogens with zero attached hydrogens (tertiary/aromatic N) is 4. The van der Waals surface area contributed by atoms with E-state index in [-0.39, 0.29) is 6.20 Å². The molecule has 0 atom stereocenters.